The van der Waals surface area contributed by atoms with Crippen LogP contribution in [0.25, 0.3) is 0 Å². The summed E-state index contributed by atoms with van der Waals surface area (Å²) in [5.74, 6) is 0. The number of rotatable bonds is 5. The van der Waals surface area contributed by atoms with Crippen LogP contribution < -0.4 is 5.32 Å². The molecule has 1 aliphatic rings. The molecule has 2 rings (SSSR count). The molecule has 0 bridgehead atoms. The standard InChI is InChI=1S/C12H19N3O2/c1-10(11-7-13-4-5-14-11)15-8-12(16-2)3-6-17-9-12/h4-5,7,10,15H,3,6,8-9H2,1-2H3. The zero-order chi connectivity index (χ0) is 12.1. The Morgan fingerprint density at radius 2 is 2.47 bits per heavy atom. The summed E-state index contributed by atoms with van der Waals surface area (Å²) in [5.41, 5.74) is 0.758. The molecule has 0 amide bonds. The summed E-state index contributed by atoms with van der Waals surface area (Å²) in [6, 6.07) is 0.163. The Bertz CT molecular complexity index is 339. The molecule has 94 valence electrons. The third-order valence-electron chi connectivity index (χ3n) is 3.26. The van der Waals surface area contributed by atoms with Crippen LogP contribution in [0.5, 0.6) is 0 Å². The zero-order valence-electron chi connectivity index (χ0n) is 10.3. The summed E-state index contributed by atoms with van der Waals surface area (Å²) >= 11 is 0. The smallest absolute Gasteiger partial charge is 0.106 e. The highest BCUT2D eigenvalue weighted by Crippen LogP contribution is 2.22. The Kier molecular flexibility index (Phi) is 4.04. The average Bonchev–Trinajstić information content (AvgIpc) is 2.86. The molecule has 0 spiro atoms. The zero-order valence-corrected chi connectivity index (χ0v) is 10.3. The lowest BCUT2D eigenvalue weighted by Gasteiger charge is -2.27. The molecule has 1 aromatic heterocycles. The van der Waals surface area contributed by atoms with Crippen LogP contribution >= 0.6 is 0 Å². The van der Waals surface area contributed by atoms with Crippen molar-refractivity contribution in [1.29, 1.82) is 0 Å². The van der Waals surface area contributed by atoms with Crippen molar-refractivity contribution in [1.82, 2.24) is 15.3 Å². The number of hydrogen-bond donors (Lipinski definition) is 1. The number of hydrogen-bond acceptors (Lipinski definition) is 5. The van der Waals surface area contributed by atoms with Crippen molar-refractivity contribution in [2.24, 2.45) is 0 Å². The van der Waals surface area contributed by atoms with E-state index in [0.717, 1.165) is 25.3 Å². The molecular weight excluding hydrogens is 218 g/mol. The van der Waals surface area contributed by atoms with Gasteiger partial charge in [0.25, 0.3) is 0 Å². The minimum Gasteiger partial charge on any atom is -0.378 e. The van der Waals surface area contributed by atoms with Crippen LogP contribution in [0, 0.1) is 0 Å². The molecule has 1 fully saturated rings. The highest BCUT2D eigenvalue weighted by molar-refractivity contribution is 5.01. The third kappa shape index (κ3) is 3.00. The Morgan fingerprint density at radius 3 is 3.06 bits per heavy atom. The van der Waals surface area contributed by atoms with Crippen LogP contribution in [0.2, 0.25) is 0 Å². The Labute approximate surface area is 102 Å². The minimum atomic E-state index is -0.184. The molecule has 17 heavy (non-hydrogen) atoms. The van der Waals surface area contributed by atoms with Crippen LogP contribution in [-0.4, -0.2) is 42.4 Å². The van der Waals surface area contributed by atoms with E-state index in [1.54, 1.807) is 25.7 Å². The highest BCUT2D eigenvalue weighted by atomic mass is 16.5. The fourth-order valence-electron chi connectivity index (χ4n) is 1.94. The molecule has 2 atom stereocenters. The van der Waals surface area contributed by atoms with Gasteiger partial charge in [-0.15, -0.1) is 0 Å². The van der Waals surface area contributed by atoms with Crippen LogP contribution in [-0.2, 0) is 9.47 Å². The normalized spacial score (nSPS) is 26.0. The van der Waals surface area contributed by atoms with E-state index in [1.165, 1.54) is 0 Å². The topological polar surface area (TPSA) is 56.3 Å². The molecule has 2 unspecified atom stereocenters. The summed E-state index contributed by atoms with van der Waals surface area (Å²) in [6.07, 6.45) is 6.10. The molecule has 2 heterocycles. The van der Waals surface area contributed by atoms with E-state index >= 15 is 0 Å². The van der Waals surface area contributed by atoms with Gasteiger partial charge < -0.3 is 14.8 Å². The largest absolute Gasteiger partial charge is 0.378 e. The van der Waals surface area contributed by atoms with Gasteiger partial charge in [-0.1, -0.05) is 0 Å². The fourth-order valence-corrected chi connectivity index (χ4v) is 1.94. The molecule has 5 nitrogen and oxygen atoms in total. The lowest BCUT2D eigenvalue weighted by molar-refractivity contribution is -0.0173. The maximum atomic E-state index is 5.56. The van der Waals surface area contributed by atoms with E-state index in [2.05, 4.69) is 22.2 Å². The second kappa shape index (κ2) is 5.53. The van der Waals surface area contributed by atoms with Gasteiger partial charge in [-0.05, 0) is 6.92 Å². The molecule has 0 radical (unpaired) electrons. The van der Waals surface area contributed by atoms with Crippen molar-refractivity contribution in [2.75, 3.05) is 26.9 Å². The van der Waals surface area contributed by atoms with Gasteiger partial charge >= 0.3 is 0 Å². The number of nitrogens with one attached hydrogen (secondary N) is 1. The van der Waals surface area contributed by atoms with Crippen molar-refractivity contribution in [3.8, 4) is 0 Å². The summed E-state index contributed by atoms with van der Waals surface area (Å²) < 4.78 is 11.0. The first kappa shape index (κ1) is 12.4. The predicted molar refractivity (Wildman–Crippen MR) is 63.6 cm³/mol. The molecular formula is C12H19N3O2. The highest BCUT2D eigenvalue weighted by Gasteiger charge is 2.35. The Balaban J connectivity index is 1.89. The van der Waals surface area contributed by atoms with Gasteiger partial charge in [-0.25, -0.2) is 0 Å². The summed E-state index contributed by atoms with van der Waals surface area (Å²) in [5, 5.41) is 3.43. The third-order valence-corrected chi connectivity index (χ3v) is 3.26. The van der Waals surface area contributed by atoms with Crippen LogP contribution in [0.3, 0.4) is 0 Å². The van der Waals surface area contributed by atoms with E-state index in [0.29, 0.717) is 6.61 Å². The SMILES string of the molecule is COC1(CNC(C)c2cnccn2)CCOC1. The first-order valence-corrected chi connectivity index (χ1v) is 5.88. The Morgan fingerprint density at radius 1 is 1.59 bits per heavy atom. The first-order valence-electron chi connectivity index (χ1n) is 5.88. The second-order valence-electron chi connectivity index (χ2n) is 4.42. The molecule has 5 heteroatoms. The Hall–Kier alpha value is -1.04. The van der Waals surface area contributed by atoms with Crippen LogP contribution in [0.15, 0.2) is 18.6 Å². The maximum Gasteiger partial charge on any atom is 0.106 e. The fraction of sp³-hybridized carbons (Fsp3) is 0.667. The lowest BCUT2D eigenvalue weighted by Crippen LogP contribution is -2.43. The monoisotopic (exact) mass is 237 g/mol. The number of aromatic nitrogens is 2. The van der Waals surface area contributed by atoms with E-state index in [4.69, 9.17) is 9.47 Å². The average molecular weight is 237 g/mol. The quantitative estimate of drug-likeness (QED) is 0.825. The predicted octanol–water partition coefficient (Wildman–Crippen LogP) is 0.933. The van der Waals surface area contributed by atoms with Gasteiger partial charge in [-0.3, -0.25) is 9.97 Å². The van der Waals surface area contributed by atoms with Gasteiger partial charge in [0.2, 0.25) is 0 Å². The number of nitrogens with zero attached hydrogens (tertiary/aromatic N) is 2. The van der Waals surface area contributed by atoms with E-state index < -0.39 is 0 Å². The molecule has 0 saturated carbocycles. The maximum absolute atomic E-state index is 5.56. The van der Waals surface area contributed by atoms with Gasteiger partial charge in [0, 0.05) is 51.3 Å². The molecule has 1 N–H and O–H groups in total. The van der Waals surface area contributed by atoms with E-state index in [-0.39, 0.29) is 11.6 Å². The van der Waals surface area contributed by atoms with Gasteiger partial charge in [0.05, 0.1) is 12.3 Å². The van der Waals surface area contributed by atoms with Gasteiger partial charge in [-0.2, -0.15) is 0 Å². The van der Waals surface area contributed by atoms with Crippen LogP contribution in [0.1, 0.15) is 25.1 Å². The molecule has 0 aromatic carbocycles. The molecule has 1 saturated heterocycles. The van der Waals surface area contributed by atoms with Crippen molar-refractivity contribution in [3.05, 3.63) is 24.3 Å². The number of methoxy groups -OCH3 is 1. The molecule has 0 aliphatic carbocycles. The van der Waals surface area contributed by atoms with Crippen molar-refractivity contribution in [3.63, 3.8) is 0 Å². The van der Waals surface area contributed by atoms with Crippen molar-refractivity contribution < 1.29 is 9.47 Å². The minimum absolute atomic E-state index is 0.163. The summed E-state index contributed by atoms with van der Waals surface area (Å²) in [4.78, 5) is 8.34. The first-order chi connectivity index (χ1) is 8.26. The summed E-state index contributed by atoms with van der Waals surface area (Å²) in [7, 11) is 1.74. The van der Waals surface area contributed by atoms with Crippen LogP contribution in [0.4, 0.5) is 0 Å². The molecule has 1 aliphatic heterocycles. The van der Waals surface area contributed by atoms with Gasteiger partial charge in [0.1, 0.15) is 5.60 Å². The van der Waals surface area contributed by atoms with E-state index in [1.807, 2.05) is 0 Å². The summed E-state index contributed by atoms with van der Waals surface area (Å²) in [6.45, 7) is 4.27. The van der Waals surface area contributed by atoms with E-state index in [9.17, 15) is 0 Å². The molecule has 1 aromatic rings. The van der Waals surface area contributed by atoms with Crippen molar-refractivity contribution >= 4 is 0 Å². The second-order valence-corrected chi connectivity index (χ2v) is 4.42. The van der Waals surface area contributed by atoms with Gasteiger partial charge in [0.15, 0.2) is 0 Å². The van der Waals surface area contributed by atoms with Crippen molar-refractivity contribution in [2.45, 2.75) is 25.0 Å². The number of ether oxygens (including phenoxy) is 2. The lowest BCUT2D eigenvalue weighted by atomic mass is 10.0.